The Morgan fingerprint density at radius 3 is 2.21 bits per heavy atom. The molecule has 0 aromatic heterocycles. The minimum atomic E-state index is -0.463. The van der Waals surface area contributed by atoms with E-state index in [9.17, 15) is 4.39 Å². The number of benzene rings is 1. The number of anilines is 1. The molecule has 0 radical (unpaired) electrons. The van der Waals surface area contributed by atoms with Gasteiger partial charge < -0.3 is 15.2 Å². The second-order valence-corrected chi connectivity index (χ2v) is 5.55. The molecule has 0 saturated heterocycles. The van der Waals surface area contributed by atoms with Gasteiger partial charge in [-0.2, -0.15) is 0 Å². The minimum Gasteiger partial charge on any atom is -0.488 e. The van der Waals surface area contributed by atoms with Crippen LogP contribution in [0.25, 0.3) is 0 Å². The van der Waals surface area contributed by atoms with Crippen LogP contribution in [0.3, 0.4) is 0 Å². The van der Waals surface area contributed by atoms with E-state index in [1.807, 2.05) is 20.8 Å². The van der Waals surface area contributed by atoms with E-state index >= 15 is 0 Å². The highest BCUT2D eigenvalue weighted by Crippen LogP contribution is 2.32. The fourth-order valence-electron chi connectivity index (χ4n) is 1.93. The fraction of sp³-hybridized carbons (Fsp3) is 0.600. The average molecular weight is 269 g/mol. The Kier molecular flexibility index (Phi) is 5.45. The highest BCUT2D eigenvalue weighted by atomic mass is 19.1. The largest absolute Gasteiger partial charge is 0.488 e. The van der Waals surface area contributed by atoms with E-state index in [-0.39, 0.29) is 18.0 Å². The van der Waals surface area contributed by atoms with Crippen LogP contribution in [0.5, 0.6) is 11.5 Å². The van der Waals surface area contributed by atoms with E-state index in [2.05, 4.69) is 13.8 Å². The maximum atomic E-state index is 13.7. The number of hydrogen-bond acceptors (Lipinski definition) is 3. The number of hydrogen-bond donors (Lipinski definition) is 1. The van der Waals surface area contributed by atoms with Crippen LogP contribution in [0, 0.1) is 11.7 Å². The van der Waals surface area contributed by atoms with Gasteiger partial charge in [0.25, 0.3) is 0 Å². The second kappa shape index (κ2) is 6.64. The summed E-state index contributed by atoms with van der Waals surface area (Å²) in [5.74, 6) is 0.722. The van der Waals surface area contributed by atoms with Crippen molar-refractivity contribution < 1.29 is 13.9 Å². The van der Waals surface area contributed by atoms with Gasteiger partial charge >= 0.3 is 0 Å². The lowest BCUT2D eigenvalue weighted by atomic mass is 10.1. The Balaban J connectivity index is 2.88. The van der Waals surface area contributed by atoms with Crippen LogP contribution in [0.4, 0.5) is 10.1 Å². The lowest BCUT2D eigenvalue weighted by Gasteiger charge is -2.19. The van der Waals surface area contributed by atoms with Crippen LogP contribution in [0.1, 0.15) is 41.0 Å². The molecule has 0 spiro atoms. The maximum Gasteiger partial charge on any atom is 0.167 e. The molecule has 19 heavy (non-hydrogen) atoms. The molecular formula is C15H24FNO2. The quantitative estimate of drug-likeness (QED) is 0.794. The Morgan fingerprint density at radius 1 is 1.05 bits per heavy atom. The van der Waals surface area contributed by atoms with Gasteiger partial charge in [0.2, 0.25) is 0 Å². The highest BCUT2D eigenvalue weighted by Gasteiger charge is 2.14. The van der Waals surface area contributed by atoms with E-state index in [1.165, 1.54) is 12.1 Å². The van der Waals surface area contributed by atoms with E-state index in [4.69, 9.17) is 15.2 Å². The van der Waals surface area contributed by atoms with Crippen LogP contribution in [-0.2, 0) is 0 Å². The molecule has 0 fully saturated rings. The lowest BCUT2D eigenvalue weighted by Crippen LogP contribution is -2.16. The zero-order chi connectivity index (χ0) is 14.6. The third kappa shape index (κ3) is 4.97. The molecule has 1 aromatic rings. The first kappa shape index (κ1) is 15.6. The summed E-state index contributed by atoms with van der Waals surface area (Å²) in [5, 5.41) is 0. The predicted molar refractivity (Wildman–Crippen MR) is 76.1 cm³/mol. The Labute approximate surface area is 114 Å². The Hall–Kier alpha value is -1.45. The first-order valence-electron chi connectivity index (χ1n) is 6.72. The summed E-state index contributed by atoms with van der Waals surface area (Å²) < 4.78 is 24.8. The van der Waals surface area contributed by atoms with Crippen molar-refractivity contribution in [1.82, 2.24) is 0 Å². The van der Waals surface area contributed by atoms with Crippen molar-refractivity contribution in [3.05, 3.63) is 17.9 Å². The topological polar surface area (TPSA) is 44.5 Å². The molecular weight excluding hydrogens is 245 g/mol. The van der Waals surface area contributed by atoms with Gasteiger partial charge in [0.15, 0.2) is 11.6 Å². The van der Waals surface area contributed by atoms with Gasteiger partial charge in [0.1, 0.15) is 5.75 Å². The Morgan fingerprint density at radius 2 is 1.68 bits per heavy atom. The van der Waals surface area contributed by atoms with Gasteiger partial charge in [0.05, 0.1) is 17.9 Å². The third-order valence-electron chi connectivity index (χ3n) is 2.56. The van der Waals surface area contributed by atoms with Gasteiger partial charge in [-0.25, -0.2) is 4.39 Å². The smallest absolute Gasteiger partial charge is 0.167 e. The molecule has 0 saturated carbocycles. The summed E-state index contributed by atoms with van der Waals surface area (Å²) in [5.41, 5.74) is 6.08. The summed E-state index contributed by atoms with van der Waals surface area (Å²) in [7, 11) is 0. The standard InChI is InChI=1S/C15H24FNO2/c1-9(2)6-11(5)19-15-8-14(18-10(3)4)12(16)7-13(15)17/h7-11H,6,17H2,1-5H3. The number of ether oxygens (including phenoxy) is 2. The SMILES string of the molecule is CC(C)CC(C)Oc1cc(OC(C)C)c(F)cc1N. The molecule has 0 amide bonds. The van der Waals surface area contributed by atoms with E-state index in [1.54, 1.807) is 0 Å². The molecule has 0 heterocycles. The molecule has 0 aliphatic carbocycles. The van der Waals surface area contributed by atoms with E-state index in [0.29, 0.717) is 17.4 Å². The fourth-order valence-corrected chi connectivity index (χ4v) is 1.93. The van der Waals surface area contributed by atoms with Gasteiger partial charge in [0, 0.05) is 12.1 Å². The summed E-state index contributed by atoms with van der Waals surface area (Å²) in [4.78, 5) is 0. The van der Waals surface area contributed by atoms with Gasteiger partial charge in [-0.3, -0.25) is 0 Å². The van der Waals surface area contributed by atoms with Crippen LogP contribution in [0.2, 0.25) is 0 Å². The third-order valence-corrected chi connectivity index (χ3v) is 2.56. The lowest BCUT2D eigenvalue weighted by molar-refractivity contribution is 0.190. The molecule has 1 rings (SSSR count). The van der Waals surface area contributed by atoms with Gasteiger partial charge in [-0.15, -0.1) is 0 Å². The summed E-state index contributed by atoms with van der Waals surface area (Å²) in [6.07, 6.45) is 0.843. The molecule has 1 unspecified atom stereocenters. The molecule has 0 aliphatic rings. The normalized spacial score (nSPS) is 12.8. The zero-order valence-corrected chi connectivity index (χ0v) is 12.4. The van der Waals surface area contributed by atoms with Crippen molar-refractivity contribution in [1.29, 1.82) is 0 Å². The number of nitrogens with two attached hydrogens (primary N) is 1. The molecule has 3 nitrogen and oxygen atoms in total. The first-order chi connectivity index (χ1) is 8.79. The van der Waals surface area contributed by atoms with Crippen molar-refractivity contribution in [3.63, 3.8) is 0 Å². The van der Waals surface area contributed by atoms with E-state index in [0.717, 1.165) is 6.42 Å². The summed E-state index contributed by atoms with van der Waals surface area (Å²) in [6.45, 7) is 9.92. The van der Waals surface area contributed by atoms with Crippen LogP contribution in [-0.4, -0.2) is 12.2 Å². The number of nitrogen functional groups attached to an aromatic ring is 1. The van der Waals surface area contributed by atoms with Crippen LogP contribution >= 0.6 is 0 Å². The predicted octanol–water partition coefficient (Wildman–Crippen LogP) is 4.01. The zero-order valence-electron chi connectivity index (χ0n) is 12.4. The molecule has 1 aromatic carbocycles. The average Bonchev–Trinajstić information content (AvgIpc) is 2.23. The molecule has 0 aliphatic heterocycles. The molecule has 2 N–H and O–H groups in total. The van der Waals surface area contributed by atoms with Crippen molar-refractivity contribution in [3.8, 4) is 11.5 Å². The van der Waals surface area contributed by atoms with E-state index < -0.39 is 5.82 Å². The van der Waals surface area contributed by atoms with Crippen molar-refractivity contribution >= 4 is 5.69 Å². The van der Waals surface area contributed by atoms with Crippen molar-refractivity contribution in [2.45, 2.75) is 53.2 Å². The van der Waals surface area contributed by atoms with Crippen molar-refractivity contribution in [2.24, 2.45) is 5.92 Å². The molecule has 4 heteroatoms. The molecule has 1 atom stereocenters. The first-order valence-corrected chi connectivity index (χ1v) is 6.72. The minimum absolute atomic E-state index is 0.0275. The van der Waals surface area contributed by atoms with Crippen LogP contribution < -0.4 is 15.2 Å². The van der Waals surface area contributed by atoms with Gasteiger partial charge in [-0.05, 0) is 33.1 Å². The maximum absolute atomic E-state index is 13.7. The van der Waals surface area contributed by atoms with Gasteiger partial charge in [-0.1, -0.05) is 13.8 Å². The molecule has 108 valence electrons. The number of halogens is 1. The van der Waals surface area contributed by atoms with Crippen molar-refractivity contribution in [2.75, 3.05) is 5.73 Å². The Bertz CT molecular complexity index is 419. The highest BCUT2D eigenvalue weighted by molar-refractivity contribution is 5.56. The van der Waals surface area contributed by atoms with Crippen LogP contribution in [0.15, 0.2) is 12.1 Å². The molecule has 0 bridgehead atoms. The summed E-state index contributed by atoms with van der Waals surface area (Å²) >= 11 is 0. The monoisotopic (exact) mass is 269 g/mol. The second-order valence-electron chi connectivity index (χ2n) is 5.55. The summed E-state index contributed by atoms with van der Waals surface area (Å²) in [6, 6.07) is 2.77. The number of rotatable bonds is 6.